The maximum Gasteiger partial charge on any atom is 0.416 e. The second-order valence-electron chi connectivity index (χ2n) is 6.27. The first kappa shape index (κ1) is 20.3. The predicted molar refractivity (Wildman–Crippen MR) is 103 cm³/mol. The van der Waals surface area contributed by atoms with Crippen LogP contribution in [0.25, 0.3) is 10.2 Å². The van der Waals surface area contributed by atoms with Gasteiger partial charge in [-0.15, -0.1) is 11.3 Å². The Morgan fingerprint density at radius 3 is 2.61 bits per heavy atom. The van der Waals surface area contributed by atoms with Gasteiger partial charge in [0.05, 0.1) is 21.7 Å². The van der Waals surface area contributed by atoms with Crippen LogP contribution in [-0.4, -0.2) is 15.5 Å². The number of thiophene rings is 1. The minimum Gasteiger partial charge on any atom is -0.323 e. The number of anilines is 1. The largest absolute Gasteiger partial charge is 0.416 e. The Labute approximate surface area is 166 Å². The van der Waals surface area contributed by atoms with E-state index in [1.165, 1.54) is 22.8 Å². The van der Waals surface area contributed by atoms with Crippen molar-refractivity contribution in [1.29, 1.82) is 0 Å². The minimum absolute atomic E-state index is 0.0420. The summed E-state index contributed by atoms with van der Waals surface area (Å²) in [4.78, 5) is 31.3. The topological polar surface area (TPSA) is 64.0 Å². The van der Waals surface area contributed by atoms with Crippen molar-refractivity contribution in [2.45, 2.75) is 33.0 Å². The summed E-state index contributed by atoms with van der Waals surface area (Å²) >= 11 is 7.29. The third kappa shape index (κ3) is 3.77. The molecule has 0 aliphatic rings. The molecule has 0 saturated carbocycles. The number of halogens is 4. The number of nitrogens with zero attached hydrogens (tertiary/aromatic N) is 2. The van der Waals surface area contributed by atoms with E-state index in [-0.39, 0.29) is 16.3 Å². The number of carbonyl (C=O) groups is 1. The predicted octanol–water partition coefficient (Wildman–Crippen LogP) is 4.95. The van der Waals surface area contributed by atoms with Crippen molar-refractivity contribution in [2.75, 3.05) is 5.32 Å². The summed E-state index contributed by atoms with van der Waals surface area (Å²) in [5.41, 5.74) is -1.51. The van der Waals surface area contributed by atoms with Crippen LogP contribution in [0.5, 0.6) is 0 Å². The van der Waals surface area contributed by atoms with Crippen LogP contribution in [0.1, 0.15) is 29.2 Å². The highest BCUT2D eigenvalue weighted by atomic mass is 35.5. The third-order valence-electron chi connectivity index (χ3n) is 4.22. The highest BCUT2D eigenvalue weighted by molar-refractivity contribution is 7.18. The van der Waals surface area contributed by atoms with Crippen molar-refractivity contribution in [1.82, 2.24) is 9.55 Å². The fourth-order valence-corrected chi connectivity index (χ4v) is 3.90. The van der Waals surface area contributed by atoms with E-state index < -0.39 is 23.7 Å². The normalized spacial score (nSPS) is 13.0. The van der Waals surface area contributed by atoms with Gasteiger partial charge in [-0.2, -0.15) is 13.2 Å². The number of rotatable bonds is 3. The van der Waals surface area contributed by atoms with Crippen molar-refractivity contribution in [3.63, 3.8) is 0 Å². The van der Waals surface area contributed by atoms with Gasteiger partial charge in [-0.1, -0.05) is 11.6 Å². The van der Waals surface area contributed by atoms with Crippen LogP contribution >= 0.6 is 22.9 Å². The molecule has 0 aliphatic carbocycles. The van der Waals surface area contributed by atoms with Gasteiger partial charge in [0.15, 0.2) is 0 Å². The summed E-state index contributed by atoms with van der Waals surface area (Å²) in [6.07, 6.45) is -4.57. The maximum absolute atomic E-state index is 12.9. The lowest BCUT2D eigenvalue weighted by atomic mass is 10.2. The Morgan fingerprint density at radius 2 is 1.96 bits per heavy atom. The molecule has 0 saturated heterocycles. The molecular weight excluding hydrogens is 415 g/mol. The second-order valence-corrected chi connectivity index (χ2v) is 7.91. The molecule has 0 radical (unpaired) electrons. The molecule has 1 aromatic carbocycles. The molecule has 0 aliphatic heterocycles. The molecule has 148 valence electrons. The van der Waals surface area contributed by atoms with E-state index in [0.29, 0.717) is 16.0 Å². The van der Waals surface area contributed by atoms with E-state index in [2.05, 4.69) is 10.3 Å². The maximum atomic E-state index is 12.9. The summed E-state index contributed by atoms with van der Waals surface area (Å²) in [6.45, 7) is 4.91. The number of fused-ring (bicyclic) bond motifs is 1. The molecule has 5 nitrogen and oxygen atoms in total. The summed E-state index contributed by atoms with van der Waals surface area (Å²) in [5.74, 6) is -0.350. The van der Waals surface area contributed by atoms with Gasteiger partial charge in [0.2, 0.25) is 5.91 Å². The van der Waals surface area contributed by atoms with Gasteiger partial charge in [0.1, 0.15) is 16.7 Å². The van der Waals surface area contributed by atoms with Crippen LogP contribution in [0.3, 0.4) is 0 Å². The lowest BCUT2D eigenvalue weighted by Crippen LogP contribution is -2.33. The number of nitrogens with one attached hydrogen (secondary N) is 1. The van der Waals surface area contributed by atoms with Crippen molar-refractivity contribution < 1.29 is 18.0 Å². The first-order valence-corrected chi connectivity index (χ1v) is 9.35. The molecule has 0 fully saturated rings. The van der Waals surface area contributed by atoms with Crippen LogP contribution in [0.4, 0.5) is 18.9 Å². The number of hydrogen-bond acceptors (Lipinski definition) is 4. The standard InChI is InChI=1S/C18H15ClF3N3O2S/c1-8-6-12-16(28-8)23-10(3)25(17(12)27)9(2)15(26)24-14-7-11(18(20,21)22)4-5-13(14)19/h4-7,9H,1-3H3,(H,24,26). The smallest absolute Gasteiger partial charge is 0.323 e. The van der Waals surface area contributed by atoms with Crippen LogP contribution in [0.15, 0.2) is 29.1 Å². The van der Waals surface area contributed by atoms with Crippen LogP contribution in [0.2, 0.25) is 5.02 Å². The Bertz CT molecular complexity index is 1140. The first-order chi connectivity index (χ1) is 13.0. The molecule has 2 aromatic heterocycles. The number of aryl methyl sites for hydroxylation is 2. The molecule has 1 N–H and O–H groups in total. The number of aromatic nitrogens is 2. The lowest BCUT2D eigenvalue weighted by Gasteiger charge is -2.18. The molecular formula is C18H15ClF3N3O2S. The Hall–Kier alpha value is -2.39. The van der Waals surface area contributed by atoms with Crippen molar-refractivity contribution >= 4 is 44.7 Å². The Kier molecular flexibility index (Phi) is 5.24. The quantitative estimate of drug-likeness (QED) is 0.641. The van der Waals surface area contributed by atoms with Gasteiger partial charge < -0.3 is 5.32 Å². The highest BCUT2D eigenvalue weighted by Crippen LogP contribution is 2.34. The Morgan fingerprint density at radius 1 is 1.29 bits per heavy atom. The molecule has 0 bridgehead atoms. The van der Waals surface area contributed by atoms with E-state index in [0.717, 1.165) is 23.1 Å². The van der Waals surface area contributed by atoms with E-state index in [9.17, 15) is 22.8 Å². The third-order valence-corrected chi connectivity index (χ3v) is 5.49. The molecule has 10 heteroatoms. The summed E-state index contributed by atoms with van der Waals surface area (Å²) in [6, 6.07) is 3.33. The number of carbonyl (C=O) groups excluding carboxylic acids is 1. The molecule has 1 atom stereocenters. The van der Waals surface area contributed by atoms with Crippen LogP contribution in [-0.2, 0) is 11.0 Å². The van der Waals surface area contributed by atoms with E-state index in [4.69, 9.17) is 11.6 Å². The molecule has 3 aromatic rings. The van der Waals surface area contributed by atoms with Gasteiger partial charge in [0.25, 0.3) is 5.56 Å². The number of amides is 1. The summed E-state index contributed by atoms with van der Waals surface area (Å²) in [5, 5.41) is 2.72. The first-order valence-electron chi connectivity index (χ1n) is 8.16. The zero-order valence-electron chi connectivity index (χ0n) is 15.0. The number of benzene rings is 1. The SMILES string of the molecule is Cc1cc2c(=O)n(C(C)C(=O)Nc3cc(C(F)(F)F)ccc3Cl)c(C)nc2s1. The summed E-state index contributed by atoms with van der Waals surface area (Å²) in [7, 11) is 0. The molecule has 2 heterocycles. The number of hydrogen-bond donors (Lipinski definition) is 1. The van der Waals surface area contributed by atoms with Crippen molar-refractivity contribution in [2.24, 2.45) is 0 Å². The fourth-order valence-electron chi connectivity index (χ4n) is 2.82. The van der Waals surface area contributed by atoms with E-state index >= 15 is 0 Å². The fraction of sp³-hybridized carbons (Fsp3) is 0.278. The minimum atomic E-state index is -4.57. The molecule has 28 heavy (non-hydrogen) atoms. The number of alkyl halides is 3. The molecule has 3 rings (SSSR count). The second kappa shape index (κ2) is 7.21. The van der Waals surface area contributed by atoms with Crippen LogP contribution in [0, 0.1) is 13.8 Å². The Balaban J connectivity index is 1.96. The average molecular weight is 430 g/mol. The molecule has 1 unspecified atom stereocenters. The van der Waals surface area contributed by atoms with Gasteiger partial charge in [-0.25, -0.2) is 4.98 Å². The van der Waals surface area contributed by atoms with Crippen molar-refractivity contribution in [3.05, 3.63) is 55.9 Å². The molecule has 1 amide bonds. The van der Waals surface area contributed by atoms with Gasteiger partial charge >= 0.3 is 6.18 Å². The summed E-state index contributed by atoms with van der Waals surface area (Å²) < 4.78 is 39.9. The monoisotopic (exact) mass is 429 g/mol. The van der Waals surface area contributed by atoms with Gasteiger partial charge in [-0.3, -0.25) is 14.2 Å². The van der Waals surface area contributed by atoms with Crippen molar-refractivity contribution in [3.8, 4) is 0 Å². The van der Waals surface area contributed by atoms with E-state index in [1.807, 2.05) is 6.92 Å². The highest BCUT2D eigenvalue weighted by Gasteiger charge is 2.31. The lowest BCUT2D eigenvalue weighted by molar-refractivity contribution is -0.137. The zero-order chi connectivity index (χ0) is 20.8. The zero-order valence-corrected chi connectivity index (χ0v) is 16.6. The van der Waals surface area contributed by atoms with Crippen LogP contribution < -0.4 is 10.9 Å². The van der Waals surface area contributed by atoms with Gasteiger partial charge in [0, 0.05) is 4.88 Å². The average Bonchev–Trinajstić information content (AvgIpc) is 2.96. The molecule has 0 spiro atoms. The van der Waals surface area contributed by atoms with Gasteiger partial charge in [-0.05, 0) is 45.0 Å². The van der Waals surface area contributed by atoms with E-state index in [1.54, 1.807) is 13.0 Å².